The van der Waals surface area contributed by atoms with E-state index in [1.165, 1.54) is 22.1 Å². The second-order valence-electron chi connectivity index (χ2n) is 10.00. The van der Waals surface area contributed by atoms with Gasteiger partial charge in [-0.25, -0.2) is 0 Å². The molecule has 35 heavy (non-hydrogen) atoms. The third-order valence-electron chi connectivity index (χ3n) is 7.05. The van der Waals surface area contributed by atoms with Crippen LogP contribution in [-0.2, 0) is 24.9 Å². The molecule has 5 nitrogen and oxygen atoms in total. The summed E-state index contributed by atoms with van der Waals surface area (Å²) in [6, 6.07) is 14.7. The SMILES string of the molecule is Cc1cc(Nc2ccnc3c2CCC3O)ccc1CCCc1c[nH]c2c(C(C)(C)O)cccc12.S. The van der Waals surface area contributed by atoms with Gasteiger partial charge in [0.05, 0.1) is 22.9 Å². The Hall–Kier alpha value is -2.80. The number of aliphatic hydroxyl groups excluding tert-OH is 1. The normalized spacial score (nSPS) is 15.2. The van der Waals surface area contributed by atoms with Crippen molar-refractivity contribution in [2.45, 2.75) is 64.6 Å². The van der Waals surface area contributed by atoms with Gasteiger partial charge in [-0.05, 0) is 93.3 Å². The van der Waals surface area contributed by atoms with Crippen LogP contribution in [0.25, 0.3) is 10.9 Å². The molecule has 0 saturated heterocycles. The molecular formula is C29H35N3O2S. The standard InChI is InChI=1S/C29H33N3O2.H2S/c1-18-16-21(32-25-14-15-30-28-23(25)12-13-26(28)33)11-10-19(18)6-4-7-20-17-31-27-22(20)8-5-9-24(27)29(2,3)34;/h5,8-11,14-17,26,31,33-34H,4,6-7,12-13H2,1-3H3,(H,30,32);1H2. The quantitative estimate of drug-likeness (QED) is 0.252. The Kier molecular flexibility index (Phi) is 7.27. The van der Waals surface area contributed by atoms with Crippen molar-refractivity contribution in [1.82, 2.24) is 9.97 Å². The molecule has 2 heterocycles. The van der Waals surface area contributed by atoms with Crippen molar-refractivity contribution >= 4 is 35.8 Å². The molecule has 4 aromatic rings. The summed E-state index contributed by atoms with van der Waals surface area (Å²) in [4.78, 5) is 7.75. The number of nitrogens with zero attached hydrogens (tertiary/aromatic N) is 1. The van der Waals surface area contributed by atoms with Crippen LogP contribution in [0, 0.1) is 6.92 Å². The maximum absolute atomic E-state index is 10.5. The van der Waals surface area contributed by atoms with Gasteiger partial charge in [-0.3, -0.25) is 4.98 Å². The number of fused-ring (bicyclic) bond motifs is 2. The number of nitrogens with one attached hydrogen (secondary N) is 2. The van der Waals surface area contributed by atoms with Crippen LogP contribution in [0.5, 0.6) is 0 Å². The van der Waals surface area contributed by atoms with Crippen LogP contribution in [0.4, 0.5) is 11.4 Å². The van der Waals surface area contributed by atoms with E-state index in [1.807, 2.05) is 32.0 Å². The number of aromatic amines is 1. The van der Waals surface area contributed by atoms with Gasteiger partial charge >= 0.3 is 0 Å². The van der Waals surface area contributed by atoms with E-state index in [1.54, 1.807) is 6.20 Å². The number of anilines is 2. The highest BCUT2D eigenvalue weighted by molar-refractivity contribution is 7.59. The second-order valence-corrected chi connectivity index (χ2v) is 10.00. The molecule has 1 aliphatic carbocycles. The molecule has 184 valence electrons. The monoisotopic (exact) mass is 489 g/mol. The number of H-pyrrole nitrogens is 1. The molecule has 0 amide bonds. The van der Waals surface area contributed by atoms with Gasteiger partial charge in [-0.2, -0.15) is 13.5 Å². The summed E-state index contributed by atoms with van der Waals surface area (Å²) >= 11 is 0. The summed E-state index contributed by atoms with van der Waals surface area (Å²) in [6.07, 6.45) is 8.07. The van der Waals surface area contributed by atoms with Crippen molar-refractivity contribution in [3.05, 3.63) is 88.4 Å². The van der Waals surface area contributed by atoms with Gasteiger partial charge in [0.2, 0.25) is 0 Å². The van der Waals surface area contributed by atoms with E-state index in [-0.39, 0.29) is 13.5 Å². The molecule has 0 aliphatic heterocycles. The van der Waals surface area contributed by atoms with Crippen molar-refractivity contribution in [2.24, 2.45) is 0 Å². The van der Waals surface area contributed by atoms with Gasteiger partial charge in [0.25, 0.3) is 0 Å². The van der Waals surface area contributed by atoms with Gasteiger partial charge in [0.1, 0.15) is 0 Å². The topological polar surface area (TPSA) is 81.2 Å². The Bertz CT molecular complexity index is 1340. The van der Waals surface area contributed by atoms with Crippen molar-refractivity contribution in [1.29, 1.82) is 0 Å². The first kappa shape index (κ1) is 25.3. The lowest BCUT2D eigenvalue weighted by Gasteiger charge is -2.18. The van der Waals surface area contributed by atoms with E-state index in [2.05, 4.69) is 52.7 Å². The maximum Gasteiger partial charge on any atom is 0.0966 e. The van der Waals surface area contributed by atoms with E-state index in [4.69, 9.17) is 0 Å². The second kappa shape index (κ2) is 10.1. The lowest BCUT2D eigenvalue weighted by atomic mass is 9.94. The third-order valence-corrected chi connectivity index (χ3v) is 7.05. The van der Waals surface area contributed by atoms with Crippen molar-refractivity contribution in [2.75, 3.05) is 5.32 Å². The number of para-hydroxylation sites is 1. The lowest BCUT2D eigenvalue weighted by molar-refractivity contribution is 0.0800. The summed E-state index contributed by atoms with van der Waals surface area (Å²) in [6.45, 7) is 5.83. The minimum Gasteiger partial charge on any atom is -0.387 e. The number of aromatic nitrogens is 2. The number of hydrogen-bond donors (Lipinski definition) is 4. The zero-order chi connectivity index (χ0) is 23.9. The minimum absolute atomic E-state index is 0. The van der Waals surface area contributed by atoms with Gasteiger partial charge in [-0.1, -0.05) is 24.3 Å². The first-order valence-corrected chi connectivity index (χ1v) is 12.2. The average molecular weight is 490 g/mol. The fourth-order valence-corrected chi connectivity index (χ4v) is 5.20. The van der Waals surface area contributed by atoms with Crippen LogP contribution in [-0.4, -0.2) is 20.2 Å². The zero-order valence-electron chi connectivity index (χ0n) is 20.7. The van der Waals surface area contributed by atoms with Gasteiger partial charge < -0.3 is 20.5 Å². The minimum atomic E-state index is -0.870. The van der Waals surface area contributed by atoms with Crippen LogP contribution >= 0.6 is 13.5 Å². The van der Waals surface area contributed by atoms with E-state index >= 15 is 0 Å². The number of benzene rings is 2. The van der Waals surface area contributed by atoms with Crippen molar-refractivity contribution in [3.8, 4) is 0 Å². The highest BCUT2D eigenvalue weighted by Gasteiger charge is 2.24. The van der Waals surface area contributed by atoms with Crippen LogP contribution in [0.3, 0.4) is 0 Å². The smallest absolute Gasteiger partial charge is 0.0966 e. The Labute approximate surface area is 214 Å². The van der Waals surface area contributed by atoms with E-state index in [0.717, 1.165) is 65.8 Å². The van der Waals surface area contributed by atoms with Crippen LogP contribution in [0.2, 0.25) is 0 Å². The Morgan fingerprint density at radius 1 is 1.11 bits per heavy atom. The summed E-state index contributed by atoms with van der Waals surface area (Å²) in [5.74, 6) is 0. The number of aryl methyl sites for hydroxylation is 3. The van der Waals surface area contributed by atoms with Gasteiger partial charge in [-0.15, -0.1) is 0 Å². The van der Waals surface area contributed by atoms with Gasteiger partial charge in [0.15, 0.2) is 0 Å². The Morgan fingerprint density at radius 3 is 2.69 bits per heavy atom. The molecule has 2 aromatic heterocycles. The van der Waals surface area contributed by atoms with E-state index < -0.39 is 11.7 Å². The predicted molar refractivity (Wildman–Crippen MR) is 148 cm³/mol. The fourth-order valence-electron chi connectivity index (χ4n) is 5.20. The average Bonchev–Trinajstić information content (AvgIpc) is 3.39. The number of hydrogen-bond acceptors (Lipinski definition) is 4. The molecule has 0 radical (unpaired) electrons. The summed E-state index contributed by atoms with van der Waals surface area (Å²) in [7, 11) is 0. The number of aliphatic hydroxyl groups is 2. The highest BCUT2D eigenvalue weighted by Crippen LogP contribution is 2.35. The Balaban J connectivity index is 0.00000289. The third kappa shape index (κ3) is 5.10. The molecule has 0 fully saturated rings. The summed E-state index contributed by atoms with van der Waals surface area (Å²) in [5.41, 5.74) is 9.07. The first-order chi connectivity index (χ1) is 16.3. The van der Waals surface area contributed by atoms with Gasteiger partial charge in [0, 0.05) is 34.7 Å². The number of rotatable bonds is 7. The van der Waals surface area contributed by atoms with E-state index in [9.17, 15) is 10.2 Å². The van der Waals surface area contributed by atoms with Crippen molar-refractivity contribution in [3.63, 3.8) is 0 Å². The van der Waals surface area contributed by atoms with Crippen LogP contribution in [0.15, 0.2) is 54.9 Å². The molecule has 6 heteroatoms. The molecule has 0 spiro atoms. The molecule has 2 aromatic carbocycles. The maximum atomic E-state index is 10.5. The molecule has 5 rings (SSSR count). The summed E-state index contributed by atoms with van der Waals surface area (Å²) < 4.78 is 0. The Morgan fingerprint density at radius 2 is 1.91 bits per heavy atom. The fraction of sp³-hybridized carbons (Fsp3) is 0.345. The molecular weight excluding hydrogens is 454 g/mol. The zero-order valence-corrected chi connectivity index (χ0v) is 21.7. The first-order valence-electron chi connectivity index (χ1n) is 12.2. The molecule has 1 atom stereocenters. The molecule has 0 bridgehead atoms. The molecule has 1 aliphatic rings. The van der Waals surface area contributed by atoms with E-state index in [0.29, 0.717) is 0 Å². The molecule has 1 unspecified atom stereocenters. The molecule has 4 N–H and O–H groups in total. The van der Waals surface area contributed by atoms with Crippen molar-refractivity contribution < 1.29 is 10.2 Å². The number of pyridine rings is 1. The highest BCUT2D eigenvalue weighted by atomic mass is 32.1. The van der Waals surface area contributed by atoms with Crippen LogP contribution < -0.4 is 5.32 Å². The molecule has 0 saturated carbocycles. The predicted octanol–water partition coefficient (Wildman–Crippen LogP) is 6.11. The summed E-state index contributed by atoms with van der Waals surface area (Å²) in [5, 5.41) is 25.3. The lowest BCUT2D eigenvalue weighted by Crippen LogP contribution is -2.15. The van der Waals surface area contributed by atoms with Crippen LogP contribution in [0.1, 0.15) is 66.3 Å². The largest absolute Gasteiger partial charge is 0.387 e.